The fraction of sp³-hybridized carbons (Fsp3) is 0.174. The van der Waals surface area contributed by atoms with Crippen molar-refractivity contribution in [3.63, 3.8) is 0 Å². The molecule has 31 heavy (non-hydrogen) atoms. The third-order valence-corrected chi connectivity index (χ3v) is 4.62. The molecule has 0 aliphatic carbocycles. The van der Waals surface area contributed by atoms with Crippen LogP contribution in [0.3, 0.4) is 0 Å². The number of nitrogens with one attached hydrogen (secondary N) is 2. The number of nitriles is 1. The average Bonchev–Trinajstić information content (AvgIpc) is 3.42. The van der Waals surface area contributed by atoms with Gasteiger partial charge in [-0.15, -0.1) is 0 Å². The highest BCUT2D eigenvalue weighted by molar-refractivity contribution is 6.08. The molecule has 0 aliphatic rings. The number of fused-ring (bicyclic) bond motifs is 1. The van der Waals surface area contributed by atoms with Crippen molar-refractivity contribution in [1.29, 1.82) is 5.26 Å². The molecule has 0 saturated carbocycles. The SMILES string of the molecule is CC(C)(C)C(=O)c1c[nH]c2ncc(Nc3ccc(/C=C(\C#N)c4ccno4)cc3)nc12. The minimum Gasteiger partial charge on any atom is -0.356 e. The second-order valence-corrected chi connectivity index (χ2v) is 8.03. The van der Waals surface area contributed by atoms with Crippen molar-refractivity contribution < 1.29 is 9.32 Å². The number of nitrogens with zero attached hydrogens (tertiary/aromatic N) is 4. The van der Waals surface area contributed by atoms with E-state index in [4.69, 9.17) is 4.52 Å². The maximum atomic E-state index is 12.7. The Labute approximate surface area is 178 Å². The molecule has 8 nitrogen and oxygen atoms in total. The summed E-state index contributed by atoms with van der Waals surface area (Å²) in [5, 5.41) is 16.2. The molecule has 3 aromatic heterocycles. The molecule has 0 amide bonds. The van der Waals surface area contributed by atoms with E-state index in [9.17, 15) is 10.1 Å². The van der Waals surface area contributed by atoms with Crippen LogP contribution < -0.4 is 5.32 Å². The Balaban J connectivity index is 1.57. The lowest BCUT2D eigenvalue weighted by Crippen LogP contribution is -2.20. The zero-order chi connectivity index (χ0) is 22.0. The highest BCUT2D eigenvalue weighted by Crippen LogP contribution is 2.26. The number of hydrogen-bond donors (Lipinski definition) is 2. The van der Waals surface area contributed by atoms with Gasteiger partial charge in [-0.3, -0.25) is 4.79 Å². The molecule has 0 radical (unpaired) electrons. The maximum Gasteiger partial charge on any atom is 0.177 e. The fourth-order valence-corrected chi connectivity index (χ4v) is 3.02. The van der Waals surface area contributed by atoms with Gasteiger partial charge in [0.25, 0.3) is 0 Å². The second-order valence-electron chi connectivity index (χ2n) is 8.03. The lowest BCUT2D eigenvalue weighted by atomic mass is 9.87. The minimum atomic E-state index is -0.516. The molecule has 4 aromatic rings. The smallest absolute Gasteiger partial charge is 0.177 e. The largest absolute Gasteiger partial charge is 0.356 e. The van der Waals surface area contributed by atoms with Crippen LogP contribution in [0.15, 0.2) is 53.4 Å². The number of carbonyl (C=O) groups is 1. The summed E-state index contributed by atoms with van der Waals surface area (Å²) in [5.41, 5.74) is 3.13. The van der Waals surface area contributed by atoms with Gasteiger partial charge >= 0.3 is 0 Å². The van der Waals surface area contributed by atoms with Crippen molar-refractivity contribution in [3.05, 3.63) is 65.8 Å². The summed E-state index contributed by atoms with van der Waals surface area (Å²) >= 11 is 0. The van der Waals surface area contributed by atoms with Crippen LogP contribution >= 0.6 is 0 Å². The molecule has 2 N–H and O–H groups in total. The van der Waals surface area contributed by atoms with Crippen LogP contribution in [0.4, 0.5) is 11.5 Å². The molecule has 4 rings (SSSR count). The van der Waals surface area contributed by atoms with E-state index in [0.717, 1.165) is 11.3 Å². The molecule has 0 fully saturated rings. The van der Waals surface area contributed by atoms with Crippen molar-refractivity contribution in [2.45, 2.75) is 20.8 Å². The molecule has 1 aromatic carbocycles. The number of carbonyl (C=O) groups excluding carboxylic acids is 1. The summed E-state index contributed by atoms with van der Waals surface area (Å²) in [5.74, 6) is 0.944. The fourth-order valence-electron chi connectivity index (χ4n) is 3.02. The predicted octanol–water partition coefficient (Wildman–Crippen LogP) is 4.98. The van der Waals surface area contributed by atoms with Gasteiger partial charge in [-0.1, -0.05) is 38.1 Å². The third-order valence-electron chi connectivity index (χ3n) is 4.62. The van der Waals surface area contributed by atoms with Crippen LogP contribution in [0.5, 0.6) is 0 Å². The molecule has 154 valence electrons. The van der Waals surface area contributed by atoms with Gasteiger partial charge in [0.1, 0.15) is 17.4 Å². The first-order chi connectivity index (χ1) is 14.8. The zero-order valence-corrected chi connectivity index (χ0v) is 17.3. The lowest BCUT2D eigenvalue weighted by molar-refractivity contribution is 0.0860. The van der Waals surface area contributed by atoms with E-state index in [0.29, 0.717) is 33.9 Å². The summed E-state index contributed by atoms with van der Waals surface area (Å²) < 4.78 is 5.04. The van der Waals surface area contributed by atoms with Gasteiger partial charge in [-0.2, -0.15) is 5.26 Å². The first-order valence-electron chi connectivity index (χ1n) is 9.64. The predicted molar refractivity (Wildman–Crippen MR) is 117 cm³/mol. The quantitative estimate of drug-likeness (QED) is 0.350. The van der Waals surface area contributed by atoms with Crippen LogP contribution in [-0.4, -0.2) is 25.9 Å². The van der Waals surface area contributed by atoms with Crippen LogP contribution in [0.25, 0.3) is 22.8 Å². The number of aromatic nitrogens is 4. The summed E-state index contributed by atoms with van der Waals surface area (Å²) in [6.45, 7) is 5.62. The van der Waals surface area contributed by atoms with Crippen molar-refractivity contribution >= 4 is 40.1 Å². The van der Waals surface area contributed by atoms with E-state index in [1.54, 1.807) is 24.5 Å². The van der Waals surface area contributed by atoms with Crippen LogP contribution in [-0.2, 0) is 0 Å². The molecule has 0 unspecified atom stereocenters. The van der Waals surface area contributed by atoms with Crippen molar-refractivity contribution in [2.24, 2.45) is 5.41 Å². The number of allylic oxidation sites excluding steroid dienone is 1. The number of H-pyrrole nitrogens is 1. The molecular weight excluding hydrogens is 392 g/mol. The summed E-state index contributed by atoms with van der Waals surface area (Å²) in [7, 11) is 0. The van der Waals surface area contributed by atoms with Gasteiger partial charge < -0.3 is 14.8 Å². The van der Waals surface area contributed by atoms with Gasteiger partial charge in [0.05, 0.1) is 23.5 Å². The minimum absolute atomic E-state index is 0.00129. The van der Waals surface area contributed by atoms with E-state index in [1.807, 2.05) is 45.0 Å². The van der Waals surface area contributed by atoms with Crippen molar-refractivity contribution in [1.82, 2.24) is 20.1 Å². The van der Waals surface area contributed by atoms with Gasteiger partial charge in [-0.05, 0) is 23.8 Å². The van der Waals surface area contributed by atoms with Gasteiger partial charge in [0, 0.05) is 23.4 Å². The molecular formula is C23H20N6O2. The number of rotatable bonds is 5. The van der Waals surface area contributed by atoms with E-state index < -0.39 is 5.41 Å². The number of hydrogen-bond acceptors (Lipinski definition) is 7. The van der Waals surface area contributed by atoms with Crippen molar-refractivity contribution in [3.8, 4) is 6.07 Å². The van der Waals surface area contributed by atoms with Crippen LogP contribution in [0.2, 0.25) is 0 Å². The Morgan fingerprint density at radius 2 is 2.00 bits per heavy atom. The zero-order valence-electron chi connectivity index (χ0n) is 17.3. The van der Waals surface area contributed by atoms with Gasteiger partial charge in [0.2, 0.25) is 0 Å². The normalized spacial score (nSPS) is 12.0. The molecule has 0 saturated heterocycles. The highest BCUT2D eigenvalue weighted by Gasteiger charge is 2.26. The Morgan fingerprint density at radius 1 is 1.23 bits per heavy atom. The number of Topliss-reactive ketones (excluding diaryl/α,β-unsaturated/α-hetero) is 1. The number of ketones is 1. The number of anilines is 2. The Kier molecular flexibility index (Phi) is 5.09. The van der Waals surface area contributed by atoms with E-state index in [-0.39, 0.29) is 5.78 Å². The standard InChI is InChI=1S/C23H20N6O2/c1-23(2,3)21(30)17-12-25-22-20(17)29-19(13-26-22)28-16-6-4-14(5-7-16)10-15(11-24)18-8-9-27-31-18/h4-10,12-13H,1-3H3,(H,25,26)(H,28,29)/b15-10+. The first-order valence-corrected chi connectivity index (χ1v) is 9.64. The molecule has 8 heteroatoms. The van der Waals surface area contributed by atoms with Gasteiger partial charge in [0.15, 0.2) is 17.2 Å². The number of benzene rings is 1. The molecule has 0 bridgehead atoms. The molecule has 0 aliphatic heterocycles. The molecule has 0 spiro atoms. The van der Waals surface area contributed by atoms with E-state index >= 15 is 0 Å². The summed E-state index contributed by atoms with van der Waals surface area (Å²) in [4.78, 5) is 24.7. The topological polar surface area (TPSA) is 120 Å². The maximum absolute atomic E-state index is 12.7. The first kappa shape index (κ1) is 20.0. The number of aromatic amines is 1. The monoisotopic (exact) mass is 412 g/mol. The van der Waals surface area contributed by atoms with Crippen LogP contribution in [0, 0.1) is 16.7 Å². The molecule has 3 heterocycles. The Morgan fingerprint density at radius 3 is 2.65 bits per heavy atom. The summed E-state index contributed by atoms with van der Waals surface area (Å²) in [6, 6.07) is 11.2. The van der Waals surface area contributed by atoms with Gasteiger partial charge in [-0.25, -0.2) is 9.97 Å². The summed E-state index contributed by atoms with van der Waals surface area (Å²) in [6.07, 6.45) is 6.48. The van der Waals surface area contributed by atoms with Crippen LogP contribution in [0.1, 0.15) is 42.5 Å². The molecule has 0 atom stereocenters. The highest BCUT2D eigenvalue weighted by atomic mass is 16.5. The Hall–Kier alpha value is -4.25. The average molecular weight is 412 g/mol. The van der Waals surface area contributed by atoms with Crippen molar-refractivity contribution in [2.75, 3.05) is 5.32 Å². The van der Waals surface area contributed by atoms with E-state index in [1.165, 1.54) is 6.20 Å². The third kappa shape index (κ3) is 4.21. The Bertz CT molecular complexity index is 1300. The lowest BCUT2D eigenvalue weighted by Gasteiger charge is -2.15. The van der Waals surface area contributed by atoms with E-state index in [2.05, 4.69) is 31.5 Å². The second kappa shape index (κ2) is 7.88.